The molecule has 0 aliphatic rings. The quantitative estimate of drug-likeness (QED) is 0.427. The van der Waals surface area contributed by atoms with Crippen LogP contribution in [0.15, 0.2) is 46.3 Å². The van der Waals surface area contributed by atoms with E-state index in [9.17, 15) is 4.79 Å². The first-order chi connectivity index (χ1) is 13.6. The van der Waals surface area contributed by atoms with Crippen molar-refractivity contribution in [3.8, 4) is 27.0 Å². The fourth-order valence-corrected chi connectivity index (χ4v) is 4.07. The van der Waals surface area contributed by atoms with Gasteiger partial charge in [-0.25, -0.2) is 9.78 Å². The van der Waals surface area contributed by atoms with Gasteiger partial charge in [0.2, 0.25) is 5.82 Å². The van der Waals surface area contributed by atoms with Crippen molar-refractivity contribution in [2.45, 2.75) is 13.5 Å². The van der Waals surface area contributed by atoms with Crippen LogP contribution in [-0.4, -0.2) is 28.2 Å². The summed E-state index contributed by atoms with van der Waals surface area (Å²) in [6, 6.07) is 11.3. The third-order valence-electron chi connectivity index (χ3n) is 3.86. The Bertz CT molecular complexity index is 1090. The van der Waals surface area contributed by atoms with Gasteiger partial charge in [-0.1, -0.05) is 11.2 Å². The van der Waals surface area contributed by atoms with Gasteiger partial charge in [0.25, 0.3) is 5.89 Å². The van der Waals surface area contributed by atoms with Crippen LogP contribution in [0.4, 0.5) is 0 Å². The summed E-state index contributed by atoms with van der Waals surface area (Å²) in [5.41, 5.74) is 1.52. The largest absolute Gasteiger partial charge is 0.497 e. The molecule has 0 radical (unpaired) electrons. The van der Waals surface area contributed by atoms with Crippen LogP contribution < -0.4 is 4.74 Å². The van der Waals surface area contributed by atoms with E-state index in [0.717, 1.165) is 21.2 Å². The van der Waals surface area contributed by atoms with Gasteiger partial charge in [0.15, 0.2) is 6.61 Å². The summed E-state index contributed by atoms with van der Waals surface area (Å²) in [6.07, 6.45) is 0. The maximum atomic E-state index is 12.5. The number of ether oxygens (including phenoxy) is 2. The van der Waals surface area contributed by atoms with Gasteiger partial charge in [-0.05, 0) is 42.6 Å². The number of carbonyl (C=O) groups excluding carboxylic acids is 1. The minimum atomic E-state index is -0.467. The molecule has 0 amide bonds. The van der Waals surface area contributed by atoms with Crippen LogP contribution in [0.1, 0.15) is 21.3 Å². The molecule has 0 unspecified atom stereocenters. The molecule has 0 atom stereocenters. The number of esters is 1. The van der Waals surface area contributed by atoms with Crippen LogP contribution in [0.3, 0.4) is 0 Å². The highest BCUT2D eigenvalue weighted by Gasteiger charge is 2.19. The zero-order valence-corrected chi connectivity index (χ0v) is 16.7. The zero-order valence-electron chi connectivity index (χ0n) is 15.0. The number of hydrogen-bond donors (Lipinski definition) is 0. The molecule has 0 aliphatic heterocycles. The van der Waals surface area contributed by atoms with Crippen LogP contribution >= 0.6 is 22.7 Å². The van der Waals surface area contributed by atoms with Crippen molar-refractivity contribution in [1.82, 2.24) is 15.1 Å². The number of thiophene rings is 1. The summed E-state index contributed by atoms with van der Waals surface area (Å²) in [5.74, 6) is 1.02. The number of aromatic nitrogens is 3. The van der Waals surface area contributed by atoms with E-state index in [1.54, 1.807) is 14.0 Å². The molecule has 0 aliphatic carbocycles. The molecule has 3 aromatic heterocycles. The smallest absolute Gasteiger partial charge is 0.350 e. The molecule has 0 saturated heterocycles. The van der Waals surface area contributed by atoms with Crippen LogP contribution in [0.2, 0.25) is 0 Å². The Balaban J connectivity index is 1.44. The van der Waals surface area contributed by atoms with E-state index in [2.05, 4.69) is 15.1 Å². The summed E-state index contributed by atoms with van der Waals surface area (Å²) in [5, 5.41) is 6.57. The normalized spacial score (nSPS) is 10.8. The number of benzene rings is 1. The van der Waals surface area contributed by atoms with Gasteiger partial charge in [-0.2, -0.15) is 4.98 Å². The first kappa shape index (κ1) is 18.3. The maximum Gasteiger partial charge on any atom is 0.350 e. The van der Waals surface area contributed by atoms with Gasteiger partial charge < -0.3 is 14.0 Å². The standard InChI is InChI=1S/C19H15N3O4S2/c1-11-16(28-18(20-11)12-5-7-13(24-2)8-6-12)19(23)25-10-15-21-17(22-26-15)14-4-3-9-27-14/h3-9H,10H2,1-2H3. The van der Waals surface area contributed by atoms with E-state index in [0.29, 0.717) is 16.4 Å². The molecular weight excluding hydrogens is 398 g/mol. The number of methoxy groups -OCH3 is 1. The highest BCUT2D eigenvalue weighted by Crippen LogP contribution is 2.30. The fraction of sp³-hybridized carbons (Fsp3) is 0.158. The third-order valence-corrected chi connectivity index (χ3v) is 5.91. The molecule has 142 valence electrons. The molecule has 7 nitrogen and oxygen atoms in total. The van der Waals surface area contributed by atoms with Crippen molar-refractivity contribution >= 4 is 28.6 Å². The lowest BCUT2D eigenvalue weighted by atomic mass is 10.2. The van der Waals surface area contributed by atoms with Crippen molar-refractivity contribution < 1.29 is 18.8 Å². The average Bonchev–Trinajstić information content (AvgIpc) is 3.46. The zero-order chi connectivity index (χ0) is 19.5. The average molecular weight is 413 g/mol. The SMILES string of the molecule is COc1ccc(-c2nc(C)c(C(=O)OCc3nc(-c4cccs4)no3)s2)cc1. The Labute approximate surface area is 168 Å². The molecule has 0 bridgehead atoms. The van der Waals surface area contributed by atoms with Crippen molar-refractivity contribution in [1.29, 1.82) is 0 Å². The Hall–Kier alpha value is -3.04. The molecule has 0 saturated carbocycles. The van der Waals surface area contributed by atoms with E-state index < -0.39 is 5.97 Å². The Morgan fingerprint density at radius 1 is 1.18 bits per heavy atom. The molecule has 28 heavy (non-hydrogen) atoms. The highest BCUT2D eigenvalue weighted by atomic mass is 32.1. The van der Waals surface area contributed by atoms with Gasteiger partial charge in [0, 0.05) is 5.56 Å². The minimum absolute atomic E-state index is 0.0909. The molecule has 9 heteroatoms. The van der Waals surface area contributed by atoms with Crippen LogP contribution in [0.5, 0.6) is 5.75 Å². The predicted octanol–water partition coefficient (Wildman–Crippen LogP) is 4.60. The molecule has 1 aromatic carbocycles. The second kappa shape index (κ2) is 7.91. The van der Waals surface area contributed by atoms with Crippen molar-refractivity contribution in [3.05, 3.63) is 58.2 Å². The molecule has 4 rings (SSSR count). The van der Waals surface area contributed by atoms with E-state index in [1.807, 2.05) is 41.8 Å². The van der Waals surface area contributed by atoms with Gasteiger partial charge in [-0.15, -0.1) is 22.7 Å². The molecule has 3 heterocycles. The molecule has 0 N–H and O–H groups in total. The monoisotopic (exact) mass is 413 g/mol. The third kappa shape index (κ3) is 3.80. The highest BCUT2D eigenvalue weighted by molar-refractivity contribution is 7.17. The summed E-state index contributed by atoms with van der Waals surface area (Å²) >= 11 is 2.79. The number of carbonyl (C=O) groups is 1. The number of aryl methyl sites for hydroxylation is 1. The van der Waals surface area contributed by atoms with Crippen LogP contribution in [0.25, 0.3) is 21.3 Å². The maximum absolute atomic E-state index is 12.5. The predicted molar refractivity (Wildman–Crippen MR) is 106 cm³/mol. The van der Waals surface area contributed by atoms with E-state index in [-0.39, 0.29) is 12.5 Å². The van der Waals surface area contributed by atoms with Gasteiger partial charge in [0.1, 0.15) is 15.6 Å². The number of rotatable bonds is 6. The van der Waals surface area contributed by atoms with Crippen molar-refractivity contribution in [2.75, 3.05) is 7.11 Å². The first-order valence-corrected chi connectivity index (χ1v) is 9.99. The number of nitrogens with zero attached hydrogens (tertiary/aromatic N) is 3. The van der Waals surface area contributed by atoms with Gasteiger partial charge >= 0.3 is 5.97 Å². The lowest BCUT2D eigenvalue weighted by molar-refractivity contribution is 0.0434. The van der Waals surface area contributed by atoms with Gasteiger partial charge in [0.05, 0.1) is 17.7 Å². The minimum Gasteiger partial charge on any atom is -0.497 e. The van der Waals surface area contributed by atoms with E-state index >= 15 is 0 Å². The second-order valence-electron chi connectivity index (χ2n) is 5.73. The van der Waals surface area contributed by atoms with E-state index in [1.165, 1.54) is 22.7 Å². The van der Waals surface area contributed by atoms with Crippen LogP contribution in [-0.2, 0) is 11.3 Å². The number of thiazole rings is 1. The van der Waals surface area contributed by atoms with E-state index in [4.69, 9.17) is 14.0 Å². The van der Waals surface area contributed by atoms with Crippen LogP contribution in [0, 0.1) is 6.92 Å². The van der Waals surface area contributed by atoms with Crippen molar-refractivity contribution in [2.24, 2.45) is 0 Å². The number of hydrogen-bond acceptors (Lipinski definition) is 9. The Morgan fingerprint density at radius 2 is 2.00 bits per heavy atom. The first-order valence-electron chi connectivity index (χ1n) is 8.29. The van der Waals surface area contributed by atoms with Crippen molar-refractivity contribution in [3.63, 3.8) is 0 Å². The summed E-state index contributed by atoms with van der Waals surface area (Å²) in [4.78, 5) is 22.5. The molecule has 0 fully saturated rings. The molecule has 0 spiro atoms. The molecular formula is C19H15N3O4S2. The lowest BCUT2D eigenvalue weighted by Crippen LogP contribution is -2.05. The summed E-state index contributed by atoms with van der Waals surface area (Å²) < 4.78 is 15.6. The lowest BCUT2D eigenvalue weighted by Gasteiger charge is -2.00. The Morgan fingerprint density at radius 3 is 2.71 bits per heavy atom. The second-order valence-corrected chi connectivity index (χ2v) is 7.67. The Kier molecular flexibility index (Phi) is 5.18. The summed E-state index contributed by atoms with van der Waals surface area (Å²) in [7, 11) is 1.61. The molecule has 4 aromatic rings. The van der Waals surface area contributed by atoms with Gasteiger partial charge in [-0.3, -0.25) is 0 Å². The summed E-state index contributed by atoms with van der Waals surface area (Å²) in [6.45, 7) is 1.69. The fourth-order valence-electron chi connectivity index (χ4n) is 2.46. The topological polar surface area (TPSA) is 87.3 Å².